The minimum atomic E-state index is -3.43. The van der Waals surface area contributed by atoms with Crippen molar-refractivity contribution >= 4 is 21.2 Å². The Balaban J connectivity index is 1.89. The van der Waals surface area contributed by atoms with E-state index in [1.54, 1.807) is 33.0 Å². The van der Waals surface area contributed by atoms with Crippen LogP contribution in [0.15, 0.2) is 47.6 Å². The summed E-state index contributed by atoms with van der Waals surface area (Å²) in [6.45, 7) is 7.63. The highest BCUT2D eigenvalue weighted by molar-refractivity contribution is 7.92. The zero-order valence-electron chi connectivity index (χ0n) is 15.2. The summed E-state index contributed by atoms with van der Waals surface area (Å²) in [6.07, 6.45) is 1.67. The Kier molecular flexibility index (Phi) is 4.49. The number of anilines is 2. The molecule has 0 fully saturated rings. The van der Waals surface area contributed by atoms with Crippen LogP contribution in [0.2, 0.25) is 0 Å². The maximum absolute atomic E-state index is 12.5. The second-order valence-electron chi connectivity index (χ2n) is 7.44. The van der Waals surface area contributed by atoms with Crippen molar-refractivity contribution < 1.29 is 8.42 Å². The Morgan fingerprint density at radius 1 is 1.04 bits per heavy atom. The highest BCUT2D eigenvalue weighted by atomic mass is 32.2. The van der Waals surface area contributed by atoms with Gasteiger partial charge in [-0.25, -0.2) is 13.4 Å². The van der Waals surface area contributed by atoms with E-state index in [4.69, 9.17) is 0 Å². The molecule has 5 nitrogen and oxygen atoms in total. The fourth-order valence-corrected chi connectivity index (χ4v) is 4.01. The Morgan fingerprint density at radius 2 is 1.76 bits per heavy atom. The molecule has 1 aliphatic heterocycles. The first-order chi connectivity index (χ1) is 11.7. The quantitative estimate of drug-likeness (QED) is 0.825. The molecule has 0 saturated carbocycles. The lowest BCUT2D eigenvalue weighted by molar-refractivity contribution is 0.556. The van der Waals surface area contributed by atoms with Crippen LogP contribution in [0.5, 0.6) is 0 Å². The maximum Gasteiger partial charge on any atom is 0.200 e. The molecule has 0 saturated heterocycles. The molecule has 1 aromatic heterocycles. The minimum Gasteiger partial charge on any atom is -0.373 e. The molecule has 25 heavy (non-hydrogen) atoms. The first kappa shape index (κ1) is 17.7. The highest BCUT2D eigenvalue weighted by Gasteiger charge is 2.32. The van der Waals surface area contributed by atoms with Crippen molar-refractivity contribution in [3.05, 3.63) is 48.2 Å². The normalized spacial score (nSPS) is 15.7. The van der Waals surface area contributed by atoms with Gasteiger partial charge < -0.3 is 9.80 Å². The summed E-state index contributed by atoms with van der Waals surface area (Å²) in [5, 5.41) is 0.135. The lowest BCUT2D eigenvalue weighted by atomic mass is 10.1. The van der Waals surface area contributed by atoms with Crippen molar-refractivity contribution in [3.8, 4) is 0 Å². The second kappa shape index (κ2) is 6.33. The van der Waals surface area contributed by atoms with Gasteiger partial charge in [-0.3, -0.25) is 0 Å². The molecule has 134 valence electrons. The molecule has 2 heterocycles. The Hall–Kier alpha value is -2.08. The van der Waals surface area contributed by atoms with E-state index in [0.717, 1.165) is 25.3 Å². The number of likely N-dealkylation sites (N-methyl/N-ethyl adjacent to an activating group) is 1. The fourth-order valence-electron chi connectivity index (χ4n) is 2.95. The van der Waals surface area contributed by atoms with Crippen molar-refractivity contribution in [2.24, 2.45) is 0 Å². The van der Waals surface area contributed by atoms with Crippen LogP contribution >= 0.6 is 0 Å². The molecular weight excluding hydrogens is 334 g/mol. The van der Waals surface area contributed by atoms with E-state index in [1.165, 1.54) is 11.3 Å². The first-order valence-electron chi connectivity index (χ1n) is 8.45. The predicted molar refractivity (Wildman–Crippen MR) is 102 cm³/mol. The standard InChI is InChI=1S/C19H25N3O2S/c1-19(2,3)25(23,24)18-10-9-16(13-20-18)22-12-11-21(4)17-8-6-5-7-15(17)14-22/h5-10,13H,11-12,14H2,1-4H3. The smallest absolute Gasteiger partial charge is 0.200 e. The van der Waals surface area contributed by atoms with Crippen molar-refractivity contribution in [1.29, 1.82) is 0 Å². The molecule has 3 rings (SSSR count). The van der Waals surface area contributed by atoms with Crippen LogP contribution in [0.1, 0.15) is 26.3 Å². The number of aromatic nitrogens is 1. The number of hydrogen-bond acceptors (Lipinski definition) is 5. The minimum absolute atomic E-state index is 0.135. The van der Waals surface area contributed by atoms with Crippen molar-refractivity contribution in [3.63, 3.8) is 0 Å². The van der Waals surface area contributed by atoms with E-state index in [-0.39, 0.29) is 5.03 Å². The zero-order chi connectivity index (χ0) is 18.2. The topological polar surface area (TPSA) is 53.5 Å². The van der Waals surface area contributed by atoms with E-state index >= 15 is 0 Å². The third kappa shape index (κ3) is 3.35. The van der Waals surface area contributed by atoms with Crippen LogP contribution in [-0.4, -0.2) is 38.3 Å². The van der Waals surface area contributed by atoms with Crippen LogP contribution in [0.3, 0.4) is 0 Å². The van der Waals surface area contributed by atoms with Crippen LogP contribution in [0.4, 0.5) is 11.4 Å². The molecule has 0 atom stereocenters. The summed E-state index contributed by atoms with van der Waals surface area (Å²) in [4.78, 5) is 8.74. The van der Waals surface area contributed by atoms with Crippen molar-refractivity contribution in [2.75, 3.05) is 29.9 Å². The Morgan fingerprint density at radius 3 is 2.40 bits per heavy atom. The summed E-state index contributed by atoms with van der Waals surface area (Å²) in [5.41, 5.74) is 3.44. The number of nitrogens with zero attached hydrogens (tertiary/aromatic N) is 3. The molecule has 0 spiro atoms. The van der Waals surface area contributed by atoms with Gasteiger partial charge in [-0.15, -0.1) is 0 Å². The lowest BCUT2D eigenvalue weighted by Gasteiger charge is -2.24. The number of fused-ring (bicyclic) bond motifs is 1. The largest absolute Gasteiger partial charge is 0.373 e. The Bertz CT molecular complexity index is 855. The molecular formula is C19H25N3O2S. The number of hydrogen-bond donors (Lipinski definition) is 0. The van der Waals surface area contributed by atoms with E-state index in [0.29, 0.717) is 0 Å². The molecule has 2 aromatic rings. The molecule has 0 N–H and O–H groups in total. The van der Waals surface area contributed by atoms with Crippen LogP contribution < -0.4 is 9.80 Å². The SMILES string of the molecule is CN1CCN(c2ccc(S(=O)(=O)C(C)(C)C)nc2)Cc2ccccc21. The summed E-state index contributed by atoms with van der Waals surface area (Å²) in [6, 6.07) is 11.9. The molecule has 0 aliphatic carbocycles. The molecule has 0 amide bonds. The van der Waals surface area contributed by atoms with E-state index in [2.05, 4.69) is 40.0 Å². The molecule has 0 bridgehead atoms. The van der Waals surface area contributed by atoms with Gasteiger partial charge in [-0.05, 0) is 44.5 Å². The number of pyridine rings is 1. The van der Waals surface area contributed by atoms with Gasteiger partial charge in [0, 0.05) is 32.4 Å². The molecule has 1 aromatic carbocycles. The summed E-state index contributed by atoms with van der Waals surface area (Å²) >= 11 is 0. The number of benzene rings is 1. The van der Waals surface area contributed by atoms with Gasteiger partial charge in [-0.1, -0.05) is 18.2 Å². The predicted octanol–water partition coefficient (Wildman–Crippen LogP) is 3.11. The monoisotopic (exact) mass is 359 g/mol. The van der Waals surface area contributed by atoms with E-state index in [1.807, 2.05) is 12.1 Å². The Labute approximate surface area is 150 Å². The average Bonchev–Trinajstić information content (AvgIpc) is 2.74. The van der Waals surface area contributed by atoms with Crippen molar-refractivity contribution in [2.45, 2.75) is 37.1 Å². The van der Waals surface area contributed by atoms with Crippen LogP contribution in [-0.2, 0) is 16.4 Å². The van der Waals surface area contributed by atoms with Gasteiger partial charge in [0.15, 0.2) is 14.9 Å². The average molecular weight is 359 g/mol. The van der Waals surface area contributed by atoms with Gasteiger partial charge in [0.2, 0.25) is 0 Å². The van der Waals surface area contributed by atoms with E-state index in [9.17, 15) is 8.42 Å². The van der Waals surface area contributed by atoms with Gasteiger partial charge >= 0.3 is 0 Å². The maximum atomic E-state index is 12.5. The number of rotatable bonds is 2. The third-order valence-corrected chi connectivity index (χ3v) is 7.04. The van der Waals surface area contributed by atoms with E-state index < -0.39 is 14.6 Å². The highest BCUT2D eigenvalue weighted by Crippen LogP contribution is 2.28. The summed E-state index contributed by atoms with van der Waals surface area (Å²) in [5.74, 6) is 0. The first-order valence-corrected chi connectivity index (χ1v) is 9.93. The fraction of sp³-hybridized carbons (Fsp3) is 0.421. The zero-order valence-corrected chi connectivity index (χ0v) is 16.0. The van der Waals surface area contributed by atoms with Crippen LogP contribution in [0.25, 0.3) is 0 Å². The molecule has 0 unspecified atom stereocenters. The van der Waals surface area contributed by atoms with Gasteiger partial charge in [0.05, 0.1) is 16.6 Å². The van der Waals surface area contributed by atoms with Gasteiger partial charge in [0.1, 0.15) is 0 Å². The molecule has 0 radical (unpaired) electrons. The molecule has 1 aliphatic rings. The van der Waals surface area contributed by atoms with Gasteiger partial charge in [-0.2, -0.15) is 0 Å². The third-order valence-electron chi connectivity index (χ3n) is 4.64. The van der Waals surface area contributed by atoms with Crippen molar-refractivity contribution in [1.82, 2.24) is 4.98 Å². The number of sulfone groups is 1. The molecule has 6 heteroatoms. The lowest BCUT2D eigenvalue weighted by Crippen LogP contribution is -2.30. The second-order valence-corrected chi connectivity index (χ2v) is 10.1. The summed E-state index contributed by atoms with van der Waals surface area (Å²) < 4.78 is 24.2. The summed E-state index contributed by atoms with van der Waals surface area (Å²) in [7, 11) is -1.33. The number of para-hydroxylation sites is 1. The van der Waals surface area contributed by atoms with Gasteiger partial charge in [0.25, 0.3) is 0 Å². The van der Waals surface area contributed by atoms with Crippen LogP contribution in [0, 0.1) is 0 Å².